The van der Waals surface area contributed by atoms with Gasteiger partial charge in [0, 0.05) is 12.8 Å². The van der Waals surface area contributed by atoms with Gasteiger partial charge in [-0.15, -0.1) is 0 Å². The molecular weight excluding hydrogens is 476 g/mol. The second-order valence-electron chi connectivity index (χ2n) is 11.5. The van der Waals surface area contributed by atoms with Crippen LogP contribution in [0.25, 0.3) is 0 Å². The minimum absolute atomic E-state index is 0.109. The van der Waals surface area contributed by atoms with Gasteiger partial charge in [-0.25, -0.2) is 0 Å². The fourth-order valence-electron chi connectivity index (χ4n) is 3.66. The van der Waals surface area contributed by atoms with E-state index in [2.05, 4.69) is 21.3 Å². The molecule has 4 atom stereocenters. The molecule has 10 nitrogen and oxygen atoms in total. The summed E-state index contributed by atoms with van der Waals surface area (Å²) in [4.78, 5) is 61.9. The van der Waals surface area contributed by atoms with Gasteiger partial charge in [-0.3, -0.25) is 29.3 Å². The van der Waals surface area contributed by atoms with E-state index < -0.39 is 47.9 Å². The second kappa shape index (κ2) is 17.1. The molecule has 0 fully saturated rings. The number of rotatable bonds is 16. The van der Waals surface area contributed by atoms with Crippen molar-refractivity contribution in [1.82, 2.24) is 21.3 Å². The lowest BCUT2D eigenvalue weighted by atomic mass is 9.95. The molecule has 0 aromatic heterocycles. The smallest absolute Gasteiger partial charge is 0.248 e. The van der Waals surface area contributed by atoms with E-state index in [4.69, 9.17) is 0 Å². The van der Waals surface area contributed by atoms with Crippen molar-refractivity contribution in [2.75, 3.05) is 0 Å². The summed E-state index contributed by atoms with van der Waals surface area (Å²) in [5.74, 6) is -1.86. The molecule has 0 aliphatic carbocycles. The van der Waals surface area contributed by atoms with Crippen molar-refractivity contribution in [3.8, 4) is 0 Å². The van der Waals surface area contributed by atoms with E-state index in [1.54, 1.807) is 0 Å². The highest BCUT2D eigenvalue weighted by atomic mass is 16.3. The van der Waals surface area contributed by atoms with Gasteiger partial charge in [0.1, 0.15) is 12.1 Å². The largest absolute Gasteiger partial charge is 0.390 e. The van der Waals surface area contributed by atoms with E-state index in [0.717, 1.165) is 0 Å². The zero-order chi connectivity index (χ0) is 28.9. The Balaban J connectivity index is 5.12. The molecule has 1 unspecified atom stereocenters. The first-order valence-electron chi connectivity index (χ1n) is 13.4. The number of nitrogens with one attached hydrogen (secondary N) is 4. The molecule has 0 aromatic rings. The van der Waals surface area contributed by atoms with Gasteiger partial charge < -0.3 is 21.1 Å². The monoisotopic (exact) mass is 526 g/mol. The van der Waals surface area contributed by atoms with Crippen LogP contribution in [0.2, 0.25) is 0 Å². The lowest BCUT2D eigenvalue weighted by molar-refractivity contribution is -0.134. The molecule has 0 heterocycles. The van der Waals surface area contributed by atoms with Crippen molar-refractivity contribution in [2.45, 2.75) is 119 Å². The lowest BCUT2D eigenvalue weighted by Crippen LogP contribution is -2.55. The summed E-state index contributed by atoms with van der Waals surface area (Å²) >= 11 is 0. The highest BCUT2D eigenvalue weighted by Gasteiger charge is 2.31. The number of hydrogen-bond acceptors (Lipinski definition) is 6. The summed E-state index contributed by atoms with van der Waals surface area (Å²) in [5.41, 5.74) is 0. The molecular formula is C27H50N4O6. The van der Waals surface area contributed by atoms with Crippen LogP contribution in [0, 0.1) is 23.7 Å². The minimum Gasteiger partial charge on any atom is -0.390 e. The second-order valence-corrected chi connectivity index (χ2v) is 11.5. The van der Waals surface area contributed by atoms with Crippen molar-refractivity contribution in [3.63, 3.8) is 0 Å². The molecule has 0 aliphatic heterocycles. The molecule has 214 valence electrons. The van der Waals surface area contributed by atoms with Crippen LogP contribution >= 0.6 is 0 Å². The number of imide groups is 1. The zero-order valence-electron chi connectivity index (χ0n) is 24.1. The Labute approximate surface area is 222 Å². The first kappa shape index (κ1) is 34.5. The standard InChI is InChI=1S/C27H50N4O6/c1-15(2)10-11-22(33)31-26(36)19(9)28-24(35)14-21(32)20(12-16(3)4)29-27(37)25(18(7)8)30-23(34)13-17(5)6/h15-21,25,32H,10-14H2,1-9H3,(H,28,35)(H,29,37)(H,30,34)(H,31,33,36)/t19-,20+,21?,25+/m1/s1. The van der Waals surface area contributed by atoms with Crippen molar-refractivity contribution in [2.24, 2.45) is 23.7 Å². The van der Waals surface area contributed by atoms with Crippen molar-refractivity contribution in [3.05, 3.63) is 0 Å². The van der Waals surface area contributed by atoms with Crippen molar-refractivity contribution >= 4 is 29.5 Å². The Morgan fingerprint density at radius 2 is 1.22 bits per heavy atom. The SMILES string of the molecule is CC(C)CCC(=O)NC(=O)[C@@H](C)NC(=O)CC(O)[C@H](CC(C)C)NC(=O)[C@@H](NC(=O)CC(C)C)C(C)C. The summed E-state index contributed by atoms with van der Waals surface area (Å²) in [6.45, 7) is 16.7. The highest BCUT2D eigenvalue weighted by Crippen LogP contribution is 2.13. The fourth-order valence-corrected chi connectivity index (χ4v) is 3.66. The number of amides is 5. The number of hydrogen-bond donors (Lipinski definition) is 5. The summed E-state index contributed by atoms with van der Waals surface area (Å²) in [6.07, 6.45) is 0.00835. The molecule has 0 aromatic carbocycles. The number of carbonyl (C=O) groups is 5. The van der Waals surface area contributed by atoms with Crippen LogP contribution in [0.3, 0.4) is 0 Å². The molecule has 37 heavy (non-hydrogen) atoms. The molecule has 10 heteroatoms. The first-order chi connectivity index (χ1) is 17.0. The predicted molar refractivity (Wildman–Crippen MR) is 143 cm³/mol. The third-order valence-electron chi connectivity index (χ3n) is 5.75. The van der Waals surface area contributed by atoms with Crippen molar-refractivity contribution < 1.29 is 29.1 Å². The summed E-state index contributed by atoms with van der Waals surface area (Å²) in [7, 11) is 0. The van der Waals surface area contributed by atoms with Crippen LogP contribution in [0.5, 0.6) is 0 Å². The van der Waals surface area contributed by atoms with Gasteiger partial charge in [-0.1, -0.05) is 55.4 Å². The summed E-state index contributed by atoms with van der Waals surface area (Å²) in [5, 5.41) is 21.1. The fraction of sp³-hybridized carbons (Fsp3) is 0.815. The topological polar surface area (TPSA) is 154 Å². The van der Waals surface area contributed by atoms with E-state index >= 15 is 0 Å². The Morgan fingerprint density at radius 1 is 0.649 bits per heavy atom. The molecule has 0 saturated heterocycles. The predicted octanol–water partition coefficient (Wildman–Crippen LogP) is 2.04. The van der Waals surface area contributed by atoms with Gasteiger partial charge in [0.2, 0.25) is 29.5 Å². The van der Waals surface area contributed by atoms with Gasteiger partial charge >= 0.3 is 0 Å². The third kappa shape index (κ3) is 15.4. The molecule has 5 amide bonds. The van der Waals surface area contributed by atoms with Gasteiger partial charge in [-0.2, -0.15) is 0 Å². The maximum absolute atomic E-state index is 13.0. The molecule has 0 rings (SSSR count). The number of aliphatic hydroxyl groups is 1. The quantitative estimate of drug-likeness (QED) is 0.207. The highest BCUT2D eigenvalue weighted by molar-refractivity contribution is 5.99. The van der Waals surface area contributed by atoms with Crippen LogP contribution in [-0.4, -0.2) is 58.9 Å². The van der Waals surface area contributed by atoms with Crippen LogP contribution in [0.1, 0.15) is 94.4 Å². The van der Waals surface area contributed by atoms with E-state index in [9.17, 15) is 29.1 Å². The van der Waals surface area contributed by atoms with Gasteiger partial charge in [0.05, 0.1) is 18.6 Å². The molecule has 0 radical (unpaired) electrons. The van der Waals surface area contributed by atoms with E-state index in [-0.39, 0.29) is 36.5 Å². The first-order valence-corrected chi connectivity index (χ1v) is 13.4. The lowest BCUT2D eigenvalue weighted by Gasteiger charge is -2.29. The number of aliphatic hydroxyl groups excluding tert-OH is 1. The van der Waals surface area contributed by atoms with Crippen LogP contribution in [0.4, 0.5) is 0 Å². The van der Waals surface area contributed by atoms with Crippen LogP contribution in [-0.2, 0) is 24.0 Å². The normalized spacial score (nSPS) is 14.8. The summed E-state index contributed by atoms with van der Waals surface area (Å²) < 4.78 is 0. The molecule has 0 aliphatic rings. The Bertz CT molecular complexity index is 766. The molecule has 0 bridgehead atoms. The summed E-state index contributed by atoms with van der Waals surface area (Å²) in [6, 6.07) is -2.48. The van der Waals surface area contributed by atoms with Gasteiger partial charge in [0.25, 0.3) is 0 Å². The van der Waals surface area contributed by atoms with E-state index in [0.29, 0.717) is 25.2 Å². The molecule has 5 N–H and O–H groups in total. The Morgan fingerprint density at radius 3 is 1.70 bits per heavy atom. The van der Waals surface area contributed by atoms with Crippen LogP contribution in [0.15, 0.2) is 0 Å². The average Bonchev–Trinajstić information content (AvgIpc) is 2.74. The minimum atomic E-state index is -1.21. The van der Waals surface area contributed by atoms with Crippen molar-refractivity contribution in [1.29, 1.82) is 0 Å². The van der Waals surface area contributed by atoms with E-state index in [1.807, 2.05) is 55.4 Å². The van der Waals surface area contributed by atoms with Gasteiger partial charge in [-0.05, 0) is 43.4 Å². The maximum atomic E-state index is 13.0. The van der Waals surface area contributed by atoms with Gasteiger partial charge in [0.15, 0.2) is 0 Å². The van der Waals surface area contributed by atoms with Crippen LogP contribution < -0.4 is 21.3 Å². The molecule has 0 spiro atoms. The molecule has 0 saturated carbocycles. The Kier molecular flexibility index (Phi) is 15.9. The maximum Gasteiger partial charge on any atom is 0.248 e. The van der Waals surface area contributed by atoms with E-state index in [1.165, 1.54) is 6.92 Å². The number of carbonyl (C=O) groups excluding carboxylic acids is 5. The average molecular weight is 527 g/mol. The third-order valence-corrected chi connectivity index (χ3v) is 5.75. The Hall–Kier alpha value is -2.49. The zero-order valence-corrected chi connectivity index (χ0v) is 24.1.